The molecule has 6 nitrogen and oxygen atoms in total. The summed E-state index contributed by atoms with van der Waals surface area (Å²) in [6.45, 7) is 0. The van der Waals surface area contributed by atoms with E-state index in [9.17, 15) is 9.18 Å². The second kappa shape index (κ2) is 6.87. The van der Waals surface area contributed by atoms with Crippen LogP contribution in [-0.4, -0.2) is 23.0 Å². The van der Waals surface area contributed by atoms with Crippen LogP contribution in [0, 0.1) is 5.82 Å². The molecule has 0 aliphatic heterocycles. The van der Waals surface area contributed by atoms with E-state index in [1.165, 1.54) is 25.3 Å². The second-order valence-electron chi connectivity index (χ2n) is 5.69. The SMILES string of the molecule is COc1ccc(-c2nc3ncccc3o2)cc1NC(=O)c1ccccc1F. The quantitative estimate of drug-likeness (QED) is 0.585. The lowest BCUT2D eigenvalue weighted by molar-refractivity contribution is 0.102. The van der Waals surface area contributed by atoms with Crippen LogP contribution in [0.5, 0.6) is 5.75 Å². The van der Waals surface area contributed by atoms with Crippen molar-refractivity contribution in [1.82, 2.24) is 9.97 Å². The van der Waals surface area contributed by atoms with E-state index in [0.29, 0.717) is 34.1 Å². The van der Waals surface area contributed by atoms with Crippen molar-refractivity contribution in [2.24, 2.45) is 0 Å². The number of benzene rings is 2. The number of oxazole rings is 1. The molecular formula is C20H14FN3O3. The summed E-state index contributed by atoms with van der Waals surface area (Å²) in [5.74, 6) is -0.400. The van der Waals surface area contributed by atoms with E-state index in [2.05, 4.69) is 15.3 Å². The molecule has 134 valence electrons. The van der Waals surface area contributed by atoms with Gasteiger partial charge < -0.3 is 14.5 Å². The van der Waals surface area contributed by atoms with Gasteiger partial charge in [-0.1, -0.05) is 12.1 Å². The maximum atomic E-state index is 13.9. The van der Waals surface area contributed by atoms with E-state index >= 15 is 0 Å². The van der Waals surface area contributed by atoms with Crippen molar-refractivity contribution in [1.29, 1.82) is 0 Å². The molecule has 2 heterocycles. The standard InChI is InChI=1S/C20H14FN3O3/c1-26-16-9-8-12(20-24-18-17(27-20)7-4-10-22-18)11-15(16)23-19(25)13-5-2-3-6-14(13)21/h2-11H,1H3,(H,23,25). The van der Waals surface area contributed by atoms with Crippen LogP contribution in [0.25, 0.3) is 22.7 Å². The first-order valence-corrected chi connectivity index (χ1v) is 8.11. The van der Waals surface area contributed by atoms with E-state index in [1.807, 2.05) is 0 Å². The molecule has 0 fully saturated rings. The summed E-state index contributed by atoms with van der Waals surface area (Å²) < 4.78 is 24.9. The number of fused-ring (bicyclic) bond motifs is 1. The number of ether oxygens (including phenoxy) is 1. The first-order valence-electron chi connectivity index (χ1n) is 8.11. The number of hydrogen-bond donors (Lipinski definition) is 1. The Balaban J connectivity index is 1.70. The highest BCUT2D eigenvalue weighted by atomic mass is 19.1. The van der Waals surface area contributed by atoms with Crippen LogP contribution in [0.4, 0.5) is 10.1 Å². The molecule has 7 heteroatoms. The Kier molecular flexibility index (Phi) is 4.25. The molecule has 1 amide bonds. The Morgan fingerprint density at radius 2 is 2.00 bits per heavy atom. The van der Waals surface area contributed by atoms with Gasteiger partial charge in [-0.3, -0.25) is 4.79 Å². The molecule has 0 spiro atoms. The third kappa shape index (κ3) is 3.22. The Morgan fingerprint density at radius 3 is 2.78 bits per heavy atom. The van der Waals surface area contributed by atoms with E-state index in [1.54, 1.807) is 42.6 Å². The van der Waals surface area contributed by atoms with Crippen LogP contribution in [0.2, 0.25) is 0 Å². The number of nitrogens with one attached hydrogen (secondary N) is 1. The molecule has 0 unspecified atom stereocenters. The van der Waals surface area contributed by atoms with Crippen molar-refractivity contribution < 1.29 is 18.3 Å². The van der Waals surface area contributed by atoms with Crippen molar-refractivity contribution in [3.8, 4) is 17.2 Å². The number of methoxy groups -OCH3 is 1. The van der Waals surface area contributed by atoms with Crippen LogP contribution < -0.4 is 10.1 Å². The van der Waals surface area contributed by atoms with Crippen molar-refractivity contribution in [2.45, 2.75) is 0 Å². The van der Waals surface area contributed by atoms with Gasteiger partial charge in [0.1, 0.15) is 11.6 Å². The number of pyridine rings is 1. The highest BCUT2D eigenvalue weighted by molar-refractivity contribution is 6.05. The highest BCUT2D eigenvalue weighted by Gasteiger charge is 2.16. The fourth-order valence-electron chi connectivity index (χ4n) is 2.67. The fraction of sp³-hybridized carbons (Fsp3) is 0.0500. The topological polar surface area (TPSA) is 77.2 Å². The molecule has 0 saturated carbocycles. The van der Waals surface area contributed by atoms with Gasteiger partial charge in [0.2, 0.25) is 5.89 Å². The summed E-state index contributed by atoms with van der Waals surface area (Å²) in [4.78, 5) is 20.9. The number of amides is 1. The van der Waals surface area contributed by atoms with Gasteiger partial charge in [-0.15, -0.1) is 0 Å². The fourth-order valence-corrected chi connectivity index (χ4v) is 2.67. The minimum Gasteiger partial charge on any atom is -0.495 e. The van der Waals surface area contributed by atoms with Crippen LogP contribution in [0.1, 0.15) is 10.4 Å². The van der Waals surface area contributed by atoms with E-state index in [0.717, 1.165) is 0 Å². The Labute approximate surface area is 153 Å². The van der Waals surface area contributed by atoms with Crippen molar-refractivity contribution in [3.63, 3.8) is 0 Å². The third-order valence-electron chi connectivity index (χ3n) is 3.98. The number of halogens is 1. The molecule has 0 atom stereocenters. The lowest BCUT2D eigenvalue weighted by Gasteiger charge is -2.11. The lowest BCUT2D eigenvalue weighted by atomic mass is 10.1. The molecule has 0 aliphatic rings. The second-order valence-corrected chi connectivity index (χ2v) is 5.69. The molecule has 0 saturated heterocycles. The zero-order valence-electron chi connectivity index (χ0n) is 14.3. The largest absolute Gasteiger partial charge is 0.495 e. The average molecular weight is 363 g/mol. The monoisotopic (exact) mass is 363 g/mol. The summed E-state index contributed by atoms with van der Waals surface area (Å²) in [7, 11) is 1.48. The van der Waals surface area contributed by atoms with Gasteiger partial charge in [0.25, 0.3) is 5.91 Å². The predicted molar refractivity (Wildman–Crippen MR) is 98.1 cm³/mol. The summed E-state index contributed by atoms with van der Waals surface area (Å²) in [6, 6.07) is 14.4. The van der Waals surface area contributed by atoms with Crippen LogP contribution in [0.3, 0.4) is 0 Å². The normalized spacial score (nSPS) is 10.7. The molecule has 0 radical (unpaired) electrons. The number of nitrogens with zero attached hydrogens (tertiary/aromatic N) is 2. The zero-order valence-corrected chi connectivity index (χ0v) is 14.3. The Morgan fingerprint density at radius 1 is 1.15 bits per heavy atom. The van der Waals surface area contributed by atoms with Gasteiger partial charge in [-0.05, 0) is 42.5 Å². The van der Waals surface area contributed by atoms with Crippen molar-refractivity contribution in [2.75, 3.05) is 12.4 Å². The van der Waals surface area contributed by atoms with Gasteiger partial charge >= 0.3 is 0 Å². The summed E-state index contributed by atoms with van der Waals surface area (Å²) in [6.07, 6.45) is 1.63. The van der Waals surface area contributed by atoms with Crippen LogP contribution >= 0.6 is 0 Å². The van der Waals surface area contributed by atoms with Crippen LogP contribution in [-0.2, 0) is 0 Å². The predicted octanol–water partition coefficient (Wildman–Crippen LogP) is 4.29. The Hall–Kier alpha value is -3.74. The number of aromatic nitrogens is 2. The molecular weight excluding hydrogens is 349 g/mol. The Bertz CT molecular complexity index is 1110. The first-order chi connectivity index (χ1) is 13.2. The van der Waals surface area contributed by atoms with Crippen LogP contribution in [0.15, 0.2) is 65.2 Å². The molecule has 4 aromatic rings. The molecule has 2 aromatic carbocycles. The molecule has 0 aliphatic carbocycles. The van der Waals surface area contributed by atoms with Gasteiger partial charge in [-0.2, -0.15) is 4.98 Å². The minimum atomic E-state index is -0.602. The number of anilines is 1. The smallest absolute Gasteiger partial charge is 0.258 e. The molecule has 27 heavy (non-hydrogen) atoms. The lowest BCUT2D eigenvalue weighted by Crippen LogP contribution is -2.14. The van der Waals surface area contributed by atoms with Crippen molar-refractivity contribution >= 4 is 22.8 Å². The summed E-state index contributed by atoms with van der Waals surface area (Å²) >= 11 is 0. The molecule has 4 rings (SSSR count). The summed E-state index contributed by atoms with van der Waals surface area (Å²) in [5.41, 5.74) is 1.98. The average Bonchev–Trinajstić information content (AvgIpc) is 3.12. The number of carbonyl (C=O) groups excluding carboxylic acids is 1. The third-order valence-corrected chi connectivity index (χ3v) is 3.98. The number of carbonyl (C=O) groups is 1. The van der Waals surface area contributed by atoms with E-state index in [-0.39, 0.29) is 5.56 Å². The van der Waals surface area contributed by atoms with Gasteiger partial charge in [0.15, 0.2) is 11.2 Å². The highest BCUT2D eigenvalue weighted by Crippen LogP contribution is 2.32. The summed E-state index contributed by atoms with van der Waals surface area (Å²) in [5, 5.41) is 2.67. The minimum absolute atomic E-state index is 0.0592. The number of rotatable bonds is 4. The van der Waals surface area contributed by atoms with E-state index in [4.69, 9.17) is 9.15 Å². The molecule has 2 aromatic heterocycles. The maximum absolute atomic E-state index is 13.9. The molecule has 0 bridgehead atoms. The zero-order chi connectivity index (χ0) is 18.8. The van der Waals surface area contributed by atoms with Gasteiger partial charge in [0.05, 0.1) is 18.4 Å². The van der Waals surface area contributed by atoms with Gasteiger partial charge in [-0.25, -0.2) is 9.37 Å². The van der Waals surface area contributed by atoms with E-state index < -0.39 is 11.7 Å². The molecule has 1 N–H and O–H groups in total. The maximum Gasteiger partial charge on any atom is 0.258 e. The first kappa shape index (κ1) is 16.7. The van der Waals surface area contributed by atoms with Crippen molar-refractivity contribution in [3.05, 3.63) is 72.2 Å². The number of hydrogen-bond acceptors (Lipinski definition) is 5. The van der Waals surface area contributed by atoms with Gasteiger partial charge in [0, 0.05) is 11.8 Å².